The zero-order valence-corrected chi connectivity index (χ0v) is 12.2. The number of aromatic nitrogens is 2. The summed E-state index contributed by atoms with van der Waals surface area (Å²) in [7, 11) is 1.78. The fourth-order valence-electron chi connectivity index (χ4n) is 1.97. The van der Waals surface area contributed by atoms with E-state index in [4.69, 9.17) is 11.6 Å². The smallest absolute Gasteiger partial charge is 0.177 e. The van der Waals surface area contributed by atoms with Gasteiger partial charge in [-0.2, -0.15) is 5.10 Å². The number of hydrogen-bond acceptors (Lipinski definition) is 3. The highest BCUT2D eigenvalue weighted by Crippen LogP contribution is 2.24. The molecule has 0 N–H and O–H groups in total. The van der Waals surface area contributed by atoms with Crippen molar-refractivity contribution < 1.29 is 4.79 Å². The van der Waals surface area contributed by atoms with Crippen molar-refractivity contribution >= 4 is 28.7 Å². The largest absolute Gasteiger partial charge is 0.293 e. The number of carbonyl (C=O) groups is 1. The lowest BCUT2D eigenvalue weighted by Crippen LogP contribution is -2.04. The molecule has 2 rings (SSSR count). The maximum absolute atomic E-state index is 12.3. The fourth-order valence-corrected chi connectivity index (χ4v) is 3.15. The first kappa shape index (κ1) is 13.3. The maximum atomic E-state index is 12.3. The van der Waals surface area contributed by atoms with Gasteiger partial charge in [-0.25, -0.2) is 0 Å². The molecule has 0 saturated heterocycles. The lowest BCUT2D eigenvalue weighted by Gasteiger charge is -2.01. The second-order valence-electron chi connectivity index (χ2n) is 4.21. The standard InChI is InChI=1S/C13H15ClN2OS/c1-4-9-5-6-18-12(9)11(17)7-10-8(2)15-16(3)13(10)14/h5-6H,4,7H2,1-3H3. The van der Waals surface area contributed by atoms with E-state index in [1.165, 1.54) is 11.3 Å². The Balaban J connectivity index is 2.27. The summed E-state index contributed by atoms with van der Waals surface area (Å²) in [6, 6.07) is 2.01. The van der Waals surface area contributed by atoms with Crippen LogP contribution in [-0.2, 0) is 19.9 Å². The average Bonchev–Trinajstić information content (AvgIpc) is 2.90. The van der Waals surface area contributed by atoms with E-state index in [9.17, 15) is 4.79 Å². The minimum atomic E-state index is 0.125. The Kier molecular flexibility index (Phi) is 3.88. The molecule has 3 nitrogen and oxygen atoms in total. The SMILES string of the molecule is CCc1ccsc1C(=O)Cc1c(C)nn(C)c1Cl. The number of halogens is 1. The van der Waals surface area contributed by atoms with E-state index in [0.717, 1.165) is 28.1 Å². The normalized spacial score (nSPS) is 10.9. The van der Waals surface area contributed by atoms with Crippen molar-refractivity contribution in [1.82, 2.24) is 9.78 Å². The molecule has 18 heavy (non-hydrogen) atoms. The highest BCUT2D eigenvalue weighted by molar-refractivity contribution is 7.12. The van der Waals surface area contributed by atoms with E-state index >= 15 is 0 Å². The van der Waals surface area contributed by atoms with Gasteiger partial charge in [0.15, 0.2) is 5.78 Å². The highest BCUT2D eigenvalue weighted by atomic mass is 35.5. The lowest BCUT2D eigenvalue weighted by molar-refractivity contribution is 0.0996. The summed E-state index contributed by atoms with van der Waals surface area (Å²) < 4.78 is 1.61. The van der Waals surface area contributed by atoms with Crippen molar-refractivity contribution in [2.75, 3.05) is 0 Å². The van der Waals surface area contributed by atoms with Gasteiger partial charge in [-0.15, -0.1) is 11.3 Å². The monoisotopic (exact) mass is 282 g/mol. The number of rotatable bonds is 4. The summed E-state index contributed by atoms with van der Waals surface area (Å²) >= 11 is 7.64. The number of aryl methyl sites for hydroxylation is 3. The van der Waals surface area contributed by atoms with Crippen LogP contribution in [0.3, 0.4) is 0 Å². The molecule has 0 unspecified atom stereocenters. The van der Waals surface area contributed by atoms with Crippen LogP contribution in [-0.4, -0.2) is 15.6 Å². The Morgan fingerprint density at radius 2 is 2.28 bits per heavy atom. The Labute approximate surface area is 115 Å². The molecular formula is C13H15ClN2OS. The summed E-state index contributed by atoms with van der Waals surface area (Å²) in [6.45, 7) is 3.94. The molecule has 96 valence electrons. The van der Waals surface area contributed by atoms with Gasteiger partial charge in [-0.3, -0.25) is 9.48 Å². The average molecular weight is 283 g/mol. The van der Waals surface area contributed by atoms with Gasteiger partial charge in [0.05, 0.1) is 10.6 Å². The molecule has 5 heteroatoms. The van der Waals surface area contributed by atoms with Gasteiger partial charge in [0.2, 0.25) is 0 Å². The molecule has 0 aromatic carbocycles. The van der Waals surface area contributed by atoms with E-state index in [-0.39, 0.29) is 5.78 Å². The molecule has 0 radical (unpaired) electrons. The molecule has 0 bridgehead atoms. The number of nitrogens with zero attached hydrogens (tertiary/aromatic N) is 2. The summed E-state index contributed by atoms with van der Waals surface area (Å²) in [5, 5.41) is 6.74. The van der Waals surface area contributed by atoms with Gasteiger partial charge in [-0.1, -0.05) is 18.5 Å². The first-order valence-corrected chi connectivity index (χ1v) is 7.07. The van der Waals surface area contributed by atoms with Crippen molar-refractivity contribution in [2.45, 2.75) is 26.7 Å². The van der Waals surface area contributed by atoms with Crippen molar-refractivity contribution in [3.8, 4) is 0 Å². The number of hydrogen-bond donors (Lipinski definition) is 0. The topological polar surface area (TPSA) is 34.9 Å². The molecule has 2 aromatic rings. The quantitative estimate of drug-likeness (QED) is 0.805. The molecule has 0 aliphatic carbocycles. The van der Waals surface area contributed by atoms with Crippen molar-refractivity contribution in [2.24, 2.45) is 7.05 Å². The predicted octanol–water partition coefficient (Wildman–Crippen LogP) is 3.43. The Morgan fingerprint density at radius 3 is 2.83 bits per heavy atom. The number of thiophene rings is 1. The fraction of sp³-hybridized carbons (Fsp3) is 0.385. The Morgan fingerprint density at radius 1 is 1.56 bits per heavy atom. The minimum Gasteiger partial charge on any atom is -0.293 e. The van der Waals surface area contributed by atoms with Crippen molar-refractivity contribution in [1.29, 1.82) is 0 Å². The van der Waals surface area contributed by atoms with Crippen LogP contribution in [0.4, 0.5) is 0 Å². The van der Waals surface area contributed by atoms with Gasteiger partial charge >= 0.3 is 0 Å². The molecule has 0 amide bonds. The highest BCUT2D eigenvalue weighted by Gasteiger charge is 2.18. The number of carbonyl (C=O) groups excluding carboxylic acids is 1. The van der Waals surface area contributed by atoms with Crippen molar-refractivity contribution in [3.63, 3.8) is 0 Å². The van der Waals surface area contributed by atoms with E-state index in [2.05, 4.69) is 12.0 Å². The number of Topliss-reactive ketones (excluding diaryl/α,β-unsaturated/α-hetero) is 1. The molecule has 2 heterocycles. The predicted molar refractivity (Wildman–Crippen MR) is 74.7 cm³/mol. The van der Waals surface area contributed by atoms with Gasteiger partial charge in [0, 0.05) is 19.0 Å². The Hall–Kier alpha value is -1.13. The zero-order valence-electron chi connectivity index (χ0n) is 10.7. The number of ketones is 1. The first-order chi connectivity index (χ1) is 8.54. The molecule has 0 aliphatic heterocycles. The van der Waals surface area contributed by atoms with Crippen LogP contribution in [0.1, 0.15) is 33.4 Å². The molecule has 0 aliphatic rings. The molecule has 0 fully saturated rings. The zero-order chi connectivity index (χ0) is 13.3. The summed E-state index contributed by atoms with van der Waals surface area (Å²) in [4.78, 5) is 13.1. The van der Waals surface area contributed by atoms with Crippen LogP contribution in [0, 0.1) is 6.92 Å². The summed E-state index contributed by atoms with van der Waals surface area (Å²) in [6.07, 6.45) is 1.20. The van der Waals surface area contributed by atoms with Gasteiger partial charge in [0.1, 0.15) is 5.15 Å². The molecular weight excluding hydrogens is 268 g/mol. The first-order valence-electron chi connectivity index (χ1n) is 5.82. The Bertz CT molecular complexity index is 586. The van der Waals surface area contributed by atoms with E-state index < -0.39 is 0 Å². The van der Waals surface area contributed by atoms with Crippen LogP contribution in [0.2, 0.25) is 5.15 Å². The van der Waals surface area contributed by atoms with Crippen LogP contribution < -0.4 is 0 Å². The van der Waals surface area contributed by atoms with Crippen LogP contribution in [0.5, 0.6) is 0 Å². The van der Waals surface area contributed by atoms with Gasteiger partial charge in [-0.05, 0) is 30.4 Å². The maximum Gasteiger partial charge on any atom is 0.177 e. The van der Waals surface area contributed by atoms with Crippen LogP contribution >= 0.6 is 22.9 Å². The third-order valence-electron chi connectivity index (χ3n) is 2.99. The second kappa shape index (κ2) is 5.24. The van der Waals surface area contributed by atoms with Gasteiger partial charge in [0.25, 0.3) is 0 Å². The van der Waals surface area contributed by atoms with Gasteiger partial charge < -0.3 is 0 Å². The van der Waals surface area contributed by atoms with E-state index in [0.29, 0.717) is 11.6 Å². The second-order valence-corrected chi connectivity index (χ2v) is 5.48. The summed E-state index contributed by atoms with van der Waals surface area (Å²) in [5.41, 5.74) is 2.77. The van der Waals surface area contributed by atoms with Crippen molar-refractivity contribution in [3.05, 3.63) is 38.3 Å². The molecule has 0 spiro atoms. The third-order valence-corrected chi connectivity index (χ3v) is 4.46. The van der Waals surface area contributed by atoms with E-state index in [1.54, 1.807) is 11.7 Å². The third kappa shape index (κ3) is 2.35. The lowest BCUT2D eigenvalue weighted by atomic mass is 10.1. The van der Waals surface area contributed by atoms with Crippen LogP contribution in [0.25, 0.3) is 0 Å². The van der Waals surface area contributed by atoms with Crippen LogP contribution in [0.15, 0.2) is 11.4 Å². The minimum absolute atomic E-state index is 0.125. The molecule has 2 aromatic heterocycles. The summed E-state index contributed by atoms with van der Waals surface area (Å²) in [5.74, 6) is 0.125. The molecule has 0 atom stereocenters. The molecule has 0 saturated carbocycles. The van der Waals surface area contributed by atoms with E-state index in [1.807, 2.05) is 18.4 Å².